The summed E-state index contributed by atoms with van der Waals surface area (Å²) >= 11 is 0. The van der Waals surface area contributed by atoms with E-state index in [0.717, 1.165) is 17.1 Å². The number of imidazole rings is 1. The van der Waals surface area contributed by atoms with Crippen molar-refractivity contribution < 1.29 is 8.42 Å². The lowest BCUT2D eigenvalue weighted by Gasteiger charge is -2.15. The van der Waals surface area contributed by atoms with E-state index in [1.54, 1.807) is 32.2 Å². The lowest BCUT2D eigenvalue weighted by molar-refractivity contribution is 0.593. The van der Waals surface area contributed by atoms with E-state index in [-0.39, 0.29) is 0 Å². The normalized spacial score (nSPS) is 11.6. The maximum Gasteiger partial charge on any atom is 0.235 e. The molecule has 1 heterocycles. The van der Waals surface area contributed by atoms with Gasteiger partial charge in [-0.1, -0.05) is 30.3 Å². The molecule has 0 aliphatic heterocycles. The molecule has 0 saturated carbocycles. The van der Waals surface area contributed by atoms with Crippen molar-refractivity contribution in [3.8, 4) is 17.1 Å². The molecule has 2 aromatic carbocycles. The molecule has 3 aromatic rings. The summed E-state index contributed by atoms with van der Waals surface area (Å²) < 4.78 is 28.8. The van der Waals surface area contributed by atoms with Crippen LogP contribution in [0, 0.1) is 0 Å². The van der Waals surface area contributed by atoms with Gasteiger partial charge in [-0.15, -0.1) is 0 Å². The van der Waals surface area contributed by atoms with Gasteiger partial charge in [0.25, 0.3) is 0 Å². The van der Waals surface area contributed by atoms with Crippen molar-refractivity contribution in [3.63, 3.8) is 0 Å². The second kappa shape index (κ2) is 6.60. The zero-order valence-electron chi connectivity index (χ0n) is 14.0. The fourth-order valence-corrected chi connectivity index (χ4v) is 3.09. The molecule has 0 aliphatic rings. The Bertz CT molecular complexity index is 979. The maximum absolute atomic E-state index is 12.2. The van der Waals surface area contributed by atoms with Crippen molar-refractivity contribution in [2.24, 2.45) is 0 Å². The number of nitrogens with one attached hydrogen (secondary N) is 1. The number of hydrogen-bond acceptors (Lipinski definition) is 4. The van der Waals surface area contributed by atoms with Gasteiger partial charge in [-0.05, 0) is 32.0 Å². The number of aromatic nitrogens is 2. The van der Waals surface area contributed by atoms with E-state index in [4.69, 9.17) is 5.73 Å². The number of hydrogen-bond donors (Lipinski definition) is 2. The van der Waals surface area contributed by atoms with E-state index in [9.17, 15) is 8.42 Å². The van der Waals surface area contributed by atoms with E-state index < -0.39 is 15.3 Å². The quantitative estimate of drug-likeness (QED) is 0.687. The summed E-state index contributed by atoms with van der Waals surface area (Å²) in [6, 6.07) is 15.0. The lowest BCUT2D eigenvalue weighted by atomic mass is 10.2. The summed E-state index contributed by atoms with van der Waals surface area (Å²) in [4.78, 5) is 4.41. The van der Waals surface area contributed by atoms with Crippen LogP contribution in [0.15, 0.2) is 60.9 Å². The van der Waals surface area contributed by atoms with Crippen molar-refractivity contribution in [2.45, 2.75) is 19.1 Å². The summed E-state index contributed by atoms with van der Waals surface area (Å²) in [6.45, 7) is 3.23. The molecule has 0 fully saturated rings. The van der Waals surface area contributed by atoms with Crippen molar-refractivity contribution in [1.29, 1.82) is 0 Å². The largest absolute Gasteiger partial charge is 0.397 e. The smallest absolute Gasteiger partial charge is 0.235 e. The van der Waals surface area contributed by atoms with Crippen molar-refractivity contribution >= 4 is 21.4 Å². The zero-order valence-corrected chi connectivity index (χ0v) is 14.9. The molecule has 0 saturated heterocycles. The highest BCUT2D eigenvalue weighted by molar-refractivity contribution is 7.93. The number of sulfonamides is 1. The molecule has 0 radical (unpaired) electrons. The predicted molar refractivity (Wildman–Crippen MR) is 101 cm³/mol. The van der Waals surface area contributed by atoms with Gasteiger partial charge in [-0.2, -0.15) is 0 Å². The van der Waals surface area contributed by atoms with Gasteiger partial charge in [0.1, 0.15) is 5.82 Å². The summed E-state index contributed by atoms with van der Waals surface area (Å²) in [6.07, 6.45) is 3.53. The Hall–Kier alpha value is -2.80. The van der Waals surface area contributed by atoms with Gasteiger partial charge < -0.3 is 5.73 Å². The minimum atomic E-state index is -3.48. The standard InChI is InChI=1S/C18H20N4O2S/c1-13(2)25(23,24)21-17-12-15(8-9-16(17)19)22-11-10-20-18(22)14-6-4-3-5-7-14/h3-13,21H,19H2,1-2H3. The van der Waals surface area contributed by atoms with Crippen molar-refractivity contribution in [2.75, 3.05) is 10.5 Å². The molecular weight excluding hydrogens is 336 g/mol. The molecule has 3 rings (SSSR count). The van der Waals surface area contributed by atoms with E-state index >= 15 is 0 Å². The Labute approximate surface area is 147 Å². The second-order valence-electron chi connectivity index (χ2n) is 5.95. The molecule has 0 bridgehead atoms. The molecule has 0 unspecified atom stereocenters. The molecule has 3 N–H and O–H groups in total. The molecule has 0 spiro atoms. The van der Waals surface area contributed by atoms with E-state index in [1.165, 1.54) is 0 Å². The van der Waals surface area contributed by atoms with Crippen LogP contribution in [0.4, 0.5) is 11.4 Å². The second-order valence-corrected chi connectivity index (χ2v) is 8.19. The summed E-state index contributed by atoms with van der Waals surface area (Å²) in [5.74, 6) is 0.767. The van der Waals surface area contributed by atoms with E-state index in [2.05, 4.69) is 9.71 Å². The molecule has 25 heavy (non-hydrogen) atoms. The van der Waals surface area contributed by atoms with Gasteiger partial charge in [0.2, 0.25) is 10.0 Å². The predicted octanol–water partition coefficient (Wildman–Crippen LogP) is 3.27. The Morgan fingerprint density at radius 1 is 1.12 bits per heavy atom. The summed E-state index contributed by atoms with van der Waals surface area (Å²) in [5.41, 5.74) is 8.41. The highest BCUT2D eigenvalue weighted by Gasteiger charge is 2.17. The molecule has 1 aromatic heterocycles. The molecular formula is C18H20N4O2S. The van der Waals surface area contributed by atoms with Gasteiger partial charge in [-0.25, -0.2) is 13.4 Å². The van der Waals surface area contributed by atoms with Crippen LogP contribution >= 0.6 is 0 Å². The summed E-state index contributed by atoms with van der Waals surface area (Å²) in [5, 5.41) is -0.552. The zero-order chi connectivity index (χ0) is 18.0. The Morgan fingerprint density at radius 2 is 1.84 bits per heavy atom. The maximum atomic E-state index is 12.2. The van der Waals surface area contributed by atoms with E-state index in [0.29, 0.717) is 11.4 Å². The first-order valence-electron chi connectivity index (χ1n) is 7.89. The first-order valence-corrected chi connectivity index (χ1v) is 9.43. The fourth-order valence-electron chi connectivity index (χ4n) is 2.37. The third kappa shape index (κ3) is 3.51. The van der Waals surface area contributed by atoms with Crippen LogP contribution < -0.4 is 10.5 Å². The number of rotatable bonds is 5. The number of anilines is 2. The number of benzene rings is 2. The fraction of sp³-hybridized carbons (Fsp3) is 0.167. The lowest BCUT2D eigenvalue weighted by Crippen LogP contribution is -2.23. The van der Waals surface area contributed by atoms with Gasteiger partial charge in [-0.3, -0.25) is 9.29 Å². The molecule has 6 nitrogen and oxygen atoms in total. The van der Waals surface area contributed by atoms with E-state index in [1.807, 2.05) is 47.2 Å². The molecule has 130 valence electrons. The number of nitrogens with zero attached hydrogens (tertiary/aromatic N) is 2. The van der Waals surface area contributed by atoms with Crippen LogP contribution in [-0.4, -0.2) is 23.2 Å². The Balaban J connectivity index is 2.04. The molecule has 0 amide bonds. The van der Waals surface area contributed by atoms with Crippen LogP contribution in [0.5, 0.6) is 0 Å². The highest BCUT2D eigenvalue weighted by Crippen LogP contribution is 2.27. The third-order valence-electron chi connectivity index (χ3n) is 3.86. The Kier molecular flexibility index (Phi) is 4.50. The number of nitrogen functional groups attached to an aromatic ring is 1. The van der Waals surface area contributed by atoms with Gasteiger partial charge in [0.05, 0.1) is 16.6 Å². The first-order chi connectivity index (χ1) is 11.9. The molecule has 0 atom stereocenters. The van der Waals surface area contributed by atoms with Gasteiger partial charge >= 0.3 is 0 Å². The van der Waals surface area contributed by atoms with Crippen LogP contribution in [0.25, 0.3) is 17.1 Å². The van der Waals surface area contributed by atoms with Crippen LogP contribution in [0.3, 0.4) is 0 Å². The van der Waals surface area contributed by atoms with Gasteiger partial charge in [0.15, 0.2) is 0 Å². The van der Waals surface area contributed by atoms with Crippen molar-refractivity contribution in [1.82, 2.24) is 9.55 Å². The molecule has 7 heteroatoms. The SMILES string of the molecule is CC(C)S(=O)(=O)Nc1cc(-n2ccnc2-c2ccccc2)ccc1N. The minimum absolute atomic E-state index is 0.360. The minimum Gasteiger partial charge on any atom is -0.397 e. The third-order valence-corrected chi connectivity index (χ3v) is 5.61. The monoisotopic (exact) mass is 356 g/mol. The van der Waals surface area contributed by atoms with Gasteiger partial charge in [0, 0.05) is 23.6 Å². The highest BCUT2D eigenvalue weighted by atomic mass is 32.2. The topological polar surface area (TPSA) is 90.0 Å². The van der Waals surface area contributed by atoms with Crippen molar-refractivity contribution in [3.05, 3.63) is 60.9 Å². The molecule has 0 aliphatic carbocycles. The van der Waals surface area contributed by atoms with Crippen LogP contribution in [-0.2, 0) is 10.0 Å². The average Bonchev–Trinajstić information content (AvgIpc) is 3.07. The summed E-state index contributed by atoms with van der Waals surface area (Å²) in [7, 11) is -3.48. The number of nitrogens with two attached hydrogens (primary N) is 1. The van der Waals surface area contributed by atoms with Crippen LogP contribution in [0.2, 0.25) is 0 Å². The average molecular weight is 356 g/mol. The van der Waals surface area contributed by atoms with Crippen LogP contribution in [0.1, 0.15) is 13.8 Å². The Morgan fingerprint density at radius 3 is 2.52 bits per heavy atom. The first kappa shape index (κ1) is 17.0.